The quantitative estimate of drug-likeness (QED) is 0.382. The average molecular weight is 423 g/mol. The van der Waals surface area contributed by atoms with Gasteiger partial charge in [-0.15, -0.1) is 0 Å². The van der Waals surface area contributed by atoms with Crippen LogP contribution in [0.2, 0.25) is 0 Å². The molecule has 0 unspecified atom stereocenters. The van der Waals surface area contributed by atoms with Gasteiger partial charge in [-0.25, -0.2) is 0 Å². The molecule has 0 saturated carbocycles. The zero-order chi connectivity index (χ0) is 21.1. The molecule has 6 nitrogen and oxygen atoms in total. The summed E-state index contributed by atoms with van der Waals surface area (Å²) in [6.45, 7) is 0.444. The summed E-state index contributed by atoms with van der Waals surface area (Å²) in [5.41, 5.74) is 1.82. The van der Waals surface area contributed by atoms with Gasteiger partial charge in [0.15, 0.2) is 0 Å². The van der Waals surface area contributed by atoms with Crippen LogP contribution >= 0.6 is 0 Å². The molecule has 150 valence electrons. The number of ether oxygens (including phenoxy) is 1. The number of hydrogen-bond acceptors (Lipinski definition) is 5. The van der Waals surface area contributed by atoms with Gasteiger partial charge in [-0.3, -0.25) is 14.5 Å². The van der Waals surface area contributed by atoms with Crippen LogP contribution in [0.3, 0.4) is 0 Å². The average Bonchev–Trinajstić information content (AvgIpc) is 3.02. The fourth-order valence-electron chi connectivity index (χ4n) is 3.53. The SMILES string of the molecule is O=C([O-])c1ccc2c(c1)C(=O)N([C@H](COCc1ccccc1)c1ccccc1)C2=O.[Na+]. The van der Waals surface area contributed by atoms with E-state index in [9.17, 15) is 19.5 Å². The molecule has 4 rings (SSSR count). The molecule has 1 aliphatic rings. The Labute approximate surface area is 201 Å². The molecule has 0 bridgehead atoms. The molecule has 3 aromatic carbocycles. The fraction of sp³-hybridized carbons (Fsp3) is 0.125. The van der Waals surface area contributed by atoms with E-state index in [1.54, 1.807) is 0 Å². The molecular formula is C24H18NNaO5. The summed E-state index contributed by atoms with van der Waals surface area (Å²) in [6, 6.07) is 21.9. The van der Waals surface area contributed by atoms with Crippen molar-refractivity contribution in [1.82, 2.24) is 4.90 Å². The predicted octanol–water partition coefficient (Wildman–Crippen LogP) is -0.392. The topological polar surface area (TPSA) is 86.7 Å². The van der Waals surface area contributed by atoms with E-state index >= 15 is 0 Å². The molecule has 1 atom stereocenters. The van der Waals surface area contributed by atoms with Crippen molar-refractivity contribution in [2.24, 2.45) is 0 Å². The maximum atomic E-state index is 13.1. The number of carboxylic acids is 1. The summed E-state index contributed by atoms with van der Waals surface area (Å²) in [5.74, 6) is -2.42. The third-order valence-electron chi connectivity index (χ3n) is 5.04. The number of carboxylic acid groups (broad SMARTS) is 1. The van der Waals surface area contributed by atoms with Crippen LogP contribution in [0.15, 0.2) is 78.9 Å². The minimum Gasteiger partial charge on any atom is -0.545 e. The van der Waals surface area contributed by atoms with Gasteiger partial charge in [0.05, 0.1) is 36.4 Å². The number of hydrogen-bond donors (Lipinski definition) is 0. The second-order valence-electron chi connectivity index (χ2n) is 6.96. The Hall–Kier alpha value is -2.77. The van der Waals surface area contributed by atoms with Gasteiger partial charge in [0, 0.05) is 0 Å². The molecule has 0 saturated heterocycles. The van der Waals surface area contributed by atoms with E-state index in [-0.39, 0.29) is 52.9 Å². The Morgan fingerprint density at radius 2 is 1.48 bits per heavy atom. The number of aromatic carboxylic acids is 1. The van der Waals surface area contributed by atoms with Crippen molar-refractivity contribution in [3.63, 3.8) is 0 Å². The standard InChI is InChI=1S/C24H19NO5.Na/c26-22-19-12-11-18(24(28)29)13-20(19)23(27)25(22)21(17-9-5-2-6-10-17)15-30-14-16-7-3-1-4-8-16;/h1-13,21H,14-15H2,(H,28,29);/q;+1/p-1/t21-;/m1./s1. The summed E-state index contributed by atoms with van der Waals surface area (Å²) in [7, 11) is 0. The molecule has 0 aromatic heterocycles. The van der Waals surface area contributed by atoms with Gasteiger partial charge in [0.25, 0.3) is 11.8 Å². The predicted molar refractivity (Wildman–Crippen MR) is 107 cm³/mol. The minimum atomic E-state index is -1.40. The van der Waals surface area contributed by atoms with E-state index in [1.807, 2.05) is 60.7 Å². The van der Waals surface area contributed by atoms with E-state index in [0.29, 0.717) is 6.61 Å². The Balaban J connectivity index is 0.00000272. The monoisotopic (exact) mass is 423 g/mol. The zero-order valence-electron chi connectivity index (χ0n) is 17.0. The molecule has 1 aliphatic heterocycles. The number of nitrogens with zero attached hydrogens (tertiary/aromatic N) is 1. The van der Waals surface area contributed by atoms with Crippen LogP contribution in [0.4, 0.5) is 0 Å². The minimum absolute atomic E-state index is 0. The maximum Gasteiger partial charge on any atom is 1.00 e. The first-order valence-corrected chi connectivity index (χ1v) is 9.46. The molecule has 7 heteroatoms. The van der Waals surface area contributed by atoms with E-state index < -0.39 is 23.8 Å². The summed E-state index contributed by atoms with van der Waals surface area (Å²) >= 11 is 0. The number of amides is 2. The normalized spacial score (nSPS) is 13.5. The Morgan fingerprint density at radius 1 is 0.871 bits per heavy atom. The molecule has 1 heterocycles. The van der Waals surface area contributed by atoms with Crippen LogP contribution < -0.4 is 34.7 Å². The van der Waals surface area contributed by atoms with Crippen molar-refractivity contribution < 1.29 is 53.8 Å². The Kier molecular flexibility index (Phi) is 7.41. The van der Waals surface area contributed by atoms with Gasteiger partial charge in [-0.1, -0.05) is 66.7 Å². The largest absolute Gasteiger partial charge is 1.00 e. The molecule has 0 N–H and O–H groups in total. The molecule has 0 aliphatic carbocycles. The number of benzene rings is 3. The van der Waals surface area contributed by atoms with E-state index in [0.717, 1.165) is 16.0 Å². The molecule has 31 heavy (non-hydrogen) atoms. The van der Waals surface area contributed by atoms with E-state index in [4.69, 9.17) is 4.74 Å². The maximum absolute atomic E-state index is 13.1. The molecule has 0 radical (unpaired) electrons. The van der Waals surface area contributed by atoms with Crippen molar-refractivity contribution in [2.75, 3.05) is 6.61 Å². The van der Waals surface area contributed by atoms with Gasteiger partial charge in [0.2, 0.25) is 0 Å². The molecular weight excluding hydrogens is 405 g/mol. The number of fused-ring (bicyclic) bond motifs is 1. The van der Waals surface area contributed by atoms with Gasteiger partial charge >= 0.3 is 29.6 Å². The van der Waals surface area contributed by atoms with Crippen molar-refractivity contribution in [3.05, 3.63) is 107 Å². The van der Waals surface area contributed by atoms with Gasteiger partial charge in [0.1, 0.15) is 0 Å². The first-order chi connectivity index (χ1) is 14.6. The third kappa shape index (κ3) is 4.78. The van der Waals surface area contributed by atoms with Crippen LogP contribution in [0.5, 0.6) is 0 Å². The molecule has 3 aromatic rings. The first-order valence-electron chi connectivity index (χ1n) is 9.46. The fourth-order valence-corrected chi connectivity index (χ4v) is 3.53. The first kappa shape index (κ1) is 22.9. The van der Waals surface area contributed by atoms with Gasteiger partial charge in [-0.2, -0.15) is 0 Å². The number of imide groups is 1. The zero-order valence-corrected chi connectivity index (χ0v) is 19.0. The Morgan fingerprint density at radius 3 is 2.13 bits per heavy atom. The van der Waals surface area contributed by atoms with E-state index in [1.165, 1.54) is 18.2 Å². The Bertz CT molecular complexity index is 1100. The second kappa shape index (κ2) is 10.0. The summed E-state index contributed by atoms with van der Waals surface area (Å²) in [4.78, 5) is 38.4. The second-order valence-corrected chi connectivity index (χ2v) is 6.96. The van der Waals surface area contributed by atoms with Crippen LogP contribution in [-0.2, 0) is 11.3 Å². The van der Waals surface area contributed by atoms with Crippen LogP contribution in [0.25, 0.3) is 0 Å². The van der Waals surface area contributed by atoms with E-state index in [2.05, 4.69) is 0 Å². The summed E-state index contributed by atoms with van der Waals surface area (Å²) in [5, 5.41) is 11.2. The van der Waals surface area contributed by atoms with Crippen LogP contribution in [0.1, 0.15) is 48.2 Å². The molecule has 0 fully saturated rings. The number of rotatable bonds is 7. The summed E-state index contributed by atoms with van der Waals surface area (Å²) in [6.07, 6.45) is 0. The van der Waals surface area contributed by atoms with Gasteiger partial charge in [-0.05, 0) is 28.8 Å². The van der Waals surface area contributed by atoms with Crippen LogP contribution in [-0.4, -0.2) is 29.3 Å². The number of carbonyl (C=O) groups excluding carboxylic acids is 3. The smallest absolute Gasteiger partial charge is 0.545 e. The summed E-state index contributed by atoms with van der Waals surface area (Å²) < 4.78 is 5.86. The third-order valence-corrected chi connectivity index (χ3v) is 5.04. The van der Waals surface area contributed by atoms with Gasteiger partial charge < -0.3 is 14.6 Å². The van der Waals surface area contributed by atoms with Crippen molar-refractivity contribution in [1.29, 1.82) is 0 Å². The molecule has 2 amide bonds. The van der Waals surface area contributed by atoms with Crippen molar-refractivity contribution in [3.8, 4) is 0 Å². The van der Waals surface area contributed by atoms with Crippen molar-refractivity contribution >= 4 is 17.8 Å². The molecule has 0 spiro atoms. The van der Waals surface area contributed by atoms with Crippen molar-refractivity contribution in [2.45, 2.75) is 12.6 Å². The number of carbonyl (C=O) groups is 3. The van der Waals surface area contributed by atoms with Crippen LogP contribution in [0, 0.1) is 0 Å².